The number of ketones is 1. The van der Waals surface area contributed by atoms with Gasteiger partial charge in [-0.05, 0) is 93.6 Å². The van der Waals surface area contributed by atoms with E-state index in [1.165, 1.54) is 6.07 Å². The Morgan fingerprint density at radius 3 is 2.63 bits per heavy atom. The number of ether oxygens (including phenoxy) is 1. The minimum absolute atomic E-state index is 0.0611. The van der Waals surface area contributed by atoms with E-state index in [9.17, 15) is 14.3 Å². The predicted octanol–water partition coefficient (Wildman–Crippen LogP) is 4.92. The molecule has 1 saturated carbocycles. The molecule has 5 rings (SSSR count). The summed E-state index contributed by atoms with van der Waals surface area (Å²) in [7, 11) is 3.97. The van der Waals surface area contributed by atoms with E-state index in [0.717, 1.165) is 62.7 Å². The van der Waals surface area contributed by atoms with Gasteiger partial charge in [0.1, 0.15) is 11.9 Å². The van der Waals surface area contributed by atoms with Gasteiger partial charge < -0.3 is 25.4 Å². The normalized spacial score (nSPS) is 20.5. The third-order valence-electron chi connectivity index (χ3n) is 9.48. The second kappa shape index (κ2) is 15.9. The van der Waals surface area contributed by atoms with Crippen LogP contribution >= 0.6 is 0 Å². The fraction of sp³-hybridized carbons (Fsp3) is 0.600. The van der Waals surface area contributed by atoms with Crippen LogP contribution in [0.3, 0.4) is 0 Å². The van der Waals surface area contributed by atoms with E-state index in [4.69, 9.17) is 14.7 Å². The van der Waals surface area contributed by atoms with Crippen molar-refractivity contribution in [2.75, 3.05) is 39.0 Å². The predicted molar refractivity (Wildman–Crippen MR) is 178 cm³/mol. The molecule has 11 heteroatoms. The number of aliphatic hydroxyl groups excluding tert-OH is 1. The summed E-state index contributed by atoms with van der Waals surface area (Å²) < 4.78 is 22.9. The number of carbonyl (C=O) groups is 1. The molecule has 250 valence electrons. The quantitative estimate of drug-likeness (QED) is 0.212. The van der Waals surface area contributed by atoms with E-state index in [0.29, 0.717) is 48.6 Å². The lowest BCUT2D eigenvalue weighted by Gasteiger charge is -2.31. The molecule has 3 aromatic rings. The van der Waals surface area contributed by atoms with Crippen LogP contribution in [0.15, 0.2) is 36.5 Å². The first-order valence-electron chi connectivity index (χ1n) is 16.8. The molecule has 0 bridgehead atoms. The number of fused-ring (bicyclic) bond motifs is 1. The van der Waals surface area contributed by atoms with E-state index < -0.39 is 6.10 Å². The Balaban J connectivity index is 1.21. The van der Waals surface area contributed by atoms with Crippen molar-refractivity contribution in [3.05, 3.63) is 59.1 Å². The number of likely N-dealkylation sites (N-methyl/N-ethyl adjacent to an activating group) is 1. The Bertz CT molecular complexity index is 1480. The minimum atomic E-state index is -0.635. The maximum atomic E-state index is 14.9. The molecular formula is C35H50FN7O3. The number of nitrogens with one attached hydrogen (secondary N) is 2. The Hall–Kier alpha value is -3.41. The van der Waals surface area contributed by atoms with E-state index in [1.807, 2.05) is 25.4 Å². The number of aromatic nitrogens is 4. The number of carbonyl (C=O) groups excluding carboxylic acids is 1. The summed E-state index contributed by atoms with van der Waals surface area (Å²) in [5, 5.41) is 22.0. The molecule has 2 aromatic heterocycles. The topological polar surface area (TPSA) is 117 Å². The van der Waals surface area contributed by atoms with Gasteiger partial charge in [0.15, 0.2) is 11.4 Å². The molecule has 10 nitrogen and oxygen atoms in total. The fourth-order valence-corrected chi connectivity index (χ4v) is 6.61. The smallest absolute Gasteiger partial charge is 0.322 e. The number of allylic oxidation sites excluding steroid dienone is 1. The van der Waals surface area contributed by atoms with Crippen molar-refractivity contribution in [3.63, 3.8) is 0 Å². The van der Waals surface area contributed by atoms with Crippen molar-refractivity contribution in [1.82, 2.24) is 29.8 Å². The first-order chi connectivity index (χ1) is 22.2. The van der Waals surface area contributed by atoms with E-state index in [2.05, 4.69) is 41.5 Å². The van der Waals surface area contributed by atoms with Gasteiger partial charge in [0.2, 0.25) is 5.95 Å². The largest absolute Gasteiger partial charge is 0.460 e. The van der Waals surface area contributed by atoms with Gasteiger partial charge in [-0.1, -0.05) is 32.1 Å². The van der Waals surface area contributed by atoms with Crippen molar-refractivity contribution in [3.8, 4) is 6.01 Å². The summed E-state index contributed by atoms with van der Waals surface area (Å²) in [4.78, 5) is 23.9. The number of rotatable bonds is 14. The average molecular weight is 636 g/mol. The third-order valence-corrected chi connectivity index (χ3v) is 9.48. The number of anilines is 1. The van der Waals surface area contributed by atoms with Crippen molar-refractivity contribution in [2.24, 2.45) is 11.8 Å². The lowest BCUT2D eigenvalue weighted by atomic mass is 9.76. The maximum Gasteiger partial charge on any atom is 0.322 e. The number of halogens is 1. The molecule has 3 heterocycles. The molecule has 0 amide bonds. The summed E-state index contributed by atoms with van der Waals surface area (Å²) in [6.07, 6.45) is 10.9. The van der Waals surface area contributed by atoms with Crippen LogP contribution in [0.1, 0.15) is 81.4 Å². The number of aliphatic hydroxyl groups is 1. The Kier molecular flexibility index (Phi) is 11.8. The maximum absolute atomic E-state index is 14.9. The molecule has 1 atom stereocenters. The number of hydrogen-bond donors (Lipinski definition) is 3. The zero-order valence-corrected chi connectivity index (χ0v) is 27.7. The van der Waals surface area contributed by atoms with Gasteiger partial charge in [-0.15, -0.1) is 0 Å². The van der Waals surface area contributed by atoms with Gasteiger partial charge in [-0.2, -0.15) is 19.6 Å². The van der Waals surface area contributed by atoms with Gasteiger partial charge in [-0.3, -0.25) is 4.79 Å². The minimum Gasteiger partial charge on any atom is -0.460 e. The molecule has 1 aromatic carbocycles. The number of piperidine rings is 1. The first-order valence-corrected chi connectivity index (χ1v) is 16.8. The number of likely N-dealkylation sites (tertiary alicyclic amines) is 1. The van der Waals surface area contributed by atoms with Crippen LogP contribution in [0.4, 0.5) is 10.3 Å². The zero-order valence-electron chi connectivity index (χ0n) is 27.7. The average Bonchev–Trinajstić information content (AvgIpc) is 3.47. The summed E-state index contributed by atoms with van der Waals surface area (Å²) in [5.41, 5.74) is 3.10. The monoisotopic (exact) mass is 635 g/mol. The molecule has 0 radical (unpaired) electrons. The lowest BCUT2D eigenvalue weighted by molar-refractivity contribution is -0.115. The highest BCUT2D eigenvalue weighted by atomic mass is 19.1. The van der Waals surface area contributed by atoms with Crippen LogP contribution in [0.2, 0.25) is 0 Å². The molecule has 3 N–H and O–H groups in total. The summed E-state index contributed by atoms with van der Waals surface area (Å²) >= 11 is 0. The van der Waals surface area contributed by atoms with Crippen LogP contribution in [0, 0.1) is 17.7 Å². The van der Waals surface area contributed by atoms with Gasteiger partial charge in [0.25, 0.3) is 0 Å². The van der Waals surface area contributed by atoms with Crippen LogP contribution < -0.4 is 15.4 Å². The van der Waals surface area contributed by atoms with Gasteiger partial charge in [0.05, 0.1) is 12.3 Å². The lowest BCUT2D eigenvalue weighted by Crippen LogP contribution is -2.36. The van der Waals surface area contributed by atoms with Crippen molar-refractivity contribution >= 4 is 17.4 Å². The van der Waals surface area contributed by atoms with Crippen LogP contribution in [0.25, 0.3) is 5.65 Å². The number of hydrogen-bond acceptors (Lipinski definition) is 9. The van der Waals surface area contributed by atoms with Gasteiger partial charge in [0, 0.05) is 44.6 Å². The highest BCUT2D eigenvalue weighted by molar-refractivity contribution is 5.89. The van der Waals surface area contributed by atoms with Gasteiger partial charge in [-0.25, -0.2) is 4.39 Å². The molecule has 46 heavy (non-hydrogen) atoms. The SMILES string of the molecule is CNC/C=C/C(=O)CC1CCC(C(O)Cc2cc(CNc3nc(OC4CCN(C)CC4)nc4c(C(C)C)cnn34)ccc2F)CC1. The summed E-state index contributed by atoms with van der Waals surface area (Å²) in [5.74, 6) is 1.02. The number of nitrogens with zero attached hydrogens (tertiary/aromatic N) is 5. The van der Waals surface area contributed by atoms with Crippen molar-refractivity contribution in [2.45, 2.75) is 89.9 Å². The highest BCUT2D eigenvalue weighted by Crippen LogP contribution is 2.34. The first kappa shape index (κ1) is 33.9. The molecule has 2 fully saturated rings. The van der Waals surface area contributed by atoms with Crippen LogP contribution in [0.5, 0.6) is 6.01 Å². The van der Waals surface area contributed by atoms with Gasteiger partial charge >= 0.3 is 6.01 Å². The fourth-order valence-electron chi connectivity index (χ4n) is 6.61. The molecule has 0 spiro atoms. The molecular weight excluding hydrogens is 585 g/mol. The highest BCUT2D eigenvalue weighted by Gasteiger charge is 2.28. The standard InChI is InChI=1S/C35H50FN7O3/c1-23(2)30-22-39-43-33(30)40-35(46-29-13-16-42(4)17-14-29)41-34(43)38-21-25-9-12-31(36)27(18-25)20-32(45)26-10-7-24(8-11-26)19-28(44)6-5-15-37-3/h5-6,9,12,18,22-24,26,29,32,37,45H,7-8,10-11,13-17,19-21H2,1-4H3,(H,38,40,41)/b6-5+. The molecule has 1 aliphatic carbocycles. The number of benzene rings is 1. The summed E-state index contributed by atoms with van der Waals surface area (Å²) in [6.45, 7) is 7.23. The third kappa shape index (κ3) is 8.89. The van der Waals surface area contributed by atoms with Crippen LogP contribution in [-0.4, -0.2) is 81.3 Å². The summed E-state index contributed by atoms with van der Waals surface area (Å²) in [6, 6.07) is 5.38. The Morgan fingerprint density at radius 2 is 1.91 bits per heavy atom. The van der Waals surface area contributed by atoms with E-state index in [-0.39, 0.29) is 36.0 Å². The molecule has 1 saturated heterocycles. The molecule has 1 unspecified atom stereocenters. The zero-order chi connectivity index (χ0) is 32.6. The van der Waals surface area contributed by atoms with Crippen molar-refractivity contribution < 1.29 is 19.0 Å². The molecule has 2 aliphatic rings. The molecule has 1 aliphatic heterocycles. The van der Waals surface area contributed by atoms with E-state index >= 15 is 0 Å². The second-order valence-electron chi connectivity index (χ2n) is 13.4. The Morgan fingerprint density at radius 1 is 1.15 bits per heavy atom. The van der Waals surface area contributed by atoms with Crippen LogP contribution in [-0.2, 0) is 17.8 Å². The van der Waals surface area contributed by atoms with Crippen molar-refractivity contribution in [1.29, 1.82) is 0 Å². The second-order valence-corrected chi connectivity index (χ2v) is 13.4. The Labute approximate surface area is 271 Å². The van der Waals surface area contributed by atoms with E-state index in [1.54, 1.807) is 16.7 Å².